The molecule has 1 aliphatic rings. The molecule has 0 heterocycles. The summed E-state index contributed by atoms with van der Waals surface area (Å²) in [6.07, 6.45) is 2.42. The minimum absolute atomic E-state index is 0.00803. The lowest BCUT2D eigenvalue weighted by Crippen LogP contribution is -2.13. The molecule has 0 aliphatic heterocycles. The zero-order chi connectivity index (χ0) is 13.9. The maximum atomic E-state index is 13.8. The van der Waals surface area contributed by atoms with Crippen LogP contribution in [0.1, 0.15) is 24.8 Å². The van der Waals surface area contributed by atoms with Crippen LogP contribution < -0.4 is 5.73 Å². The standard InChI is InChI=1S/C14H18FNO2S/c1-18-12(17)7-14(5-6-14)9-19-13-10(8-16)3-2-4-11(13)15/h2-4H,5-9,16H2,1H3. The minimum Gasteiger partial charge on any atom is -0.469 e. The van der Waals surface area contributed by atoms with Crippen LogP contribution in [0.5, 0.6) is 0 Å². The quantitative estimate of drug-likeness (QED) is 0.644. The third-order valence-corrected chi connectivity index (χ3v) is 5.00. The first-order chi connectivity index (χ1) is 9.10. The van der Waals surface area contributed by atoms with Gasteiger partial charge >= 0.3 is 5.97 Å². The highest BCUT2D eigenvalue weighted by molar-refractivity contribution is 7.99. The molecule has 104 valence electrons. The number of rotatable bonds is 6. The second-order valence-electron chi connectivity index (χ2n) is 4.97. The Morgan fingerprint density at radius 1 is 1.53 bits per heavy atom. The largest absolute Gasteiger partial charge is 0.469 e. The van der Waals surface area contributed by atoms with Crippen molar-refractivity contribution in [2.24, 2.45) is 11.1 Å². The summed E-state index contributed by atoms with van der Waals surface area (Å²) in [5.74, 6) is 0.309. The molecular formula is C14H18FNO2S. The van der Waals surface area contributed by atoms with Crippen LogP contribution in [0.2, 0.25) is 0 Å². The van der Waals surface area contributed by atoms with E-state index in [1.807, 2.05) is 6.07 Å². The molecule has 1 aliphatic carbocycles. The van der Waals surface area contributed by atoms with Gasteiger partial charge < -0.3 is 10.5 Å². The third-order valence-electron chi connectivity index (χ3n) is 3.50. The summed E-state index contributed by atoms with van der Waals surface area (Å²) in [6.45, 7) is 0.324. The highest BCUT2D eigenvalue weighted by atomic mass is 32.2. The van der Waals surface area contributed by atoms with Gasteiger partial charge in [-0.05, 0) is 29.9 Å². The van der Waals surface area contributed by atoms with Gasteiger partial charge in [0.25, 0.3) is 0 Å². The second-order valence-corrected chi connectivity index (χ2v) is 5.96. The van der Waals surface area contributed by atoms with Crippen molar-refractivity contribution in [3.8, 4) is 0 Å². The van der Waals surface area contributed by atoms with Gasteiger partial charge in [-0.25, -0.2) is 4.39 Å². The molecule has 0 atom stereocenters. The SMILES string of the molecule is COC(=O)CC1(CSc2c(F)cccc2CN)CC1. The molecule has 2 N–H and O–H groups in total. The first-order valence-electron chi connectivity index (χ1n) is 6.27. The molecule has 0 amide bonds. The Kier molecular flexibility index (Phi) is 4.47. The van der Waals surface area contributed by atoms with Crippen LogP contribution in [0, 0.1) is 11.2 Å². The number of hydrogen-bond acceptors (Lipinski definition) is 4. The Bertz CT molecular complexity index is 475. The number of carbonyl (C=O) groups excluding carboxylic acids is 1. The number of hydrogen-bond donors (Lipinski definition) is 1. The van der Waals surface area contributed by atoms with Gasteiger partial charge in [0.15, 0.2) is 0 Å². The van der Waals surface area contributed by atoms with Gasteiger partial charge in [-0.15, -0.1) is 11.8 Å². The van der Waals surface area contributed by atoms with Crippen molar-refractivity contribution in [3.63, 3.8) is 0 Å². The van der Waals surface area contributed by atoms with Crippen molar-refractivity contribution in [2.45, 2.75) is 30.7 Å². The van der Waals surface area contributed by atoms with Gasteiger partial charge in [0.2, 0.25) is 0 Å². The lowest BCUT2D eigenvalue weighted by atomic mass is 10.1. The number of benzene rings is 1. The van der Waals surface area contributed by atoms with E-state index in [9.17, 15) is 9.18 Å². The normalized spacial score (nSPS) is 16.2. The van der Waals surface area contributed by atoms with Gasteiger partial charge in [0.1, 0.15) is 5.82 Å². The summed E-state index contributed by atoms with van der Waals surface area (Å²) >= 11 is 1.46. The van der Waals surface area contributed by atoms with Crippen LogP contribution in [-0.4, -0.2) is 18.8 Å². The number of carbonyl (C=O) groups is 1. The van der Waals surface area contributed by atoms with Gasteiger partial charge in [0.05, 0.1) is 13.5 Å². The summed E-state index contributed by atoms with van der Waals surface area (Å²) in [7, 11) is 1.40. The molecule has 0 aromatic heterocycles. The van der Waals surface area contributed by atoms with Crippen LogP contribution in [0.3, 0.4) is 0 Å². The molecule has 1 saturated carbocycles. The third kappa shape index (κ3) is 3.48. The molecule has 0 unspecified atom stereocenters. The van der Waals surface area contributed by atoms with E-state index < -0.39 is 0 Å². The Morgan fingerprint density at radius 3 is 2.84 bits per heavy atom. The molecular weight excluding hydrogens is 265 g/mol. The first-order valence-corrected chi connectivity index (χ1v) is 7.26. The van der Waals surface area contributed by atoms with Crippen molar-refractivity contribution in [2.75, 3.05) is 12.9 Å². The minimum atomic E-state index is -0.234. The lowest BCUT2D eigenvalue weighted by Gasteiger charge is -2.15. The molecule has 1 aromatic carbocycles. The van der Waals surface area contributed by atoms with E-state index in [0.717, 1.165) is 24.2 Å². The predicted molar refractivity (Wildman–Crippen MR) is 73.3 cm³/mol. The zero-order valence-corrected chi connectivity index (χ0v) is 11.8. The smallest absolute Gasteiger partial charge is 0.306 e. The fraction of sp³-hybridized carbons (Fsp3) is 0.500. The van der Waals surface area contributed by atoms with Gasteiger partial charge in [-0.1, -0.05) is 12.1 Å². The van der Waals surface area contributed by atoms with E-state index >= 15 is 0 Å². The molecule has 0 bridgehead atoms. The highest BCUT2D eigenvalue weighted by Gasteiger charge is 2.44. The maximum absolute atomic E-state index is 13.8. The maximum Gasteiger partial charge on any atom is 0.306 e. The van der Waals surface area contributed by atoms with Crippen LogP contribution >= 0.6 is 11.8 Å². The monoisotopic (exact) mass is 283 g/mol. The highest BCUT2D eigenvalue weighted by Crippen LogP contribution is 2.52. The van der Waals surface area contributed by atoms with Crippen LogP contribution in [0.15, 0.2) is 23.1 Å². The number of ether oxygens (including phenoxy) is 1. The van der Waals surface area contributed by atoms with Crippen LogP contribution in [0.4, 0.5) is 4.39 Å². The molecule has 2 rings (SSSR count). The number of halogens is 1. The lowest BCUT2D eigenvalue weighted by molar-refractivity contribution is -0.141. The van der Waals surface area contributed by atoms with E-state index in [4.69, 9.17) is 10.5 Å². The second kappa shape index (κ2) is 5.92. The van der Waals surface area contributed by atoms with E-state index in [2.05, 4.69) is 0 Å². The zero-order valence-electron chi connectivity index (χ0n) is 10.9. The van der Waals surface area contributed by atoms with E-state index in [0.29, 0.717) is 17.9 Å². The summed E-state index contributed by atoms with van der Waals surface area (Å²) in [5.41, 5.74) is 6.43. The number of esters is 1. The molecule has 0 radical (unpaired) electrons. The number of methoxy groups -OCH3 is 1. The molecule has 5 heteroatoms. The van der Waals surface area contributed by atoms with Crippen molar-refractivity contribution < 1.29 is 13.9 Å². The Morgan fingerprint density at radius 2 is 2.26 bits per heavy atom. The average molecular weight is 283 g/mol. The Labute approximate surface area is 116 Å². The van der Waals surface area contributed by atoms with Crippen molar-refractivity contribution in [1.82, 2.24) is 0 Å². The molecule has 1 fully saturated rings. The molecule has 3 nitrogen and oxygen atoms in total. The van der Waals surface area contributed by atoms with E-state index in [1.165, 1.54) is 24.9 Å². The van der Waals surface area contributed by atoms with E-state index in [-0.39, 0.29) is 17.2 Å². The van der Waals surface area contributed by atoms with Crippen LogP contribution in [0.25, 0.3) is 0 Å². The van der Waals surface area contributed by atoms with E-state index in [1.54, 1.807) is 6.07 Å². The fourth-order valence-corrected chi connectivity index (χ4v) is 3.41. The first kappa shape index (κ1) is 14.3. The predicted octanol–water partition coefficient (Wildman–Crippen LogP) is 2.72. The van der Waals surface area contributed by atoms with Crippen LogP contribution in [-0.2, 0) is 16.1 Å². The van der Waals surface area contributed by atoms with Gasteiger partial charge in [-0.2, -0.15) is 0 Å². The molecule has 0 saturated heterocycles. The van der Waals surface area contributed by atoms with Crippen molar-refractivity contribution in [1.29, 1.82) is 0 Å². The average Bonchev–Trinajstić information content (AvgIpc) is 3.17. The summed E-state index contributed by atoms with van der Waals surface area (Å²) in [4.78, 5) is 12.0. The Hall–Kier alpha value is -1.07. The number of nitrogens with two attached hydrogens (primary N) is 1. The van der Waals surface area contributed by atoms with Gasteiger partial charge in [-0.3, -0.25) is 4.79 Å². The van der Waals surface area contributed by atoms with Gasteiger partial charge in [0, 0.05) is 17.2 Å². The van der Waals surface area contributed by atoms with Crippen molar-refractivity contribution >= 4 is 17.7 Å². The Balaban J connectivity index is 2.01. The molecule has 0 spiro atoms. The topological polar surface area (TPSA) is 52.3 Å². The molecule has 1 aromatic rings. The summed E-state index contributed by atoms with van der Waals surface area (Å²) in [5, 5.41) is 0. The van der Waals surface area contributed by atoms with Crippen molar-refractivity contribution in [3.05, 3.63) is 29.6 Å². The fourth-order valence-electron chi connectivity index (χ4n) is 2.03. The molecule has 19 heavy (non-hydrogen) atoms. The summed E-state index contributed by atoms with van der Waals surface area (Å²) < 4.78 is 18.5. The number of thioether (sulfide) groups is 1. The summed E-state index contributed by atoms with van der Waals surface area (Å²) in [6, 6.07) is 4.95.